The molecular formula is C52H51ClN10O4. The van der Waals surface area contributed by atoms with Gasteiger partial charge in [-0.05, 0) is 97.9 Å². The molecule has 4 saturated heterocycles. The van der Waals surface area contributed by atoms with Crippen LogP contribution in [0.2, 0.25) is 5.28 Å². The first kappa shape index (κ1) is 46.3. The lowest BCUT2D eigenvalue weighted by Crippen LogP contribution is -2.42. The molecule has 0 aliphatic carbocycles. The zero-order valence-electron chi connectivity index (χ0n) is 37.0. The number of ether oxygens (including phenoxy) is 2. The van der Waals surface area contributed by atoms with E-state index in [1.165, 1.54) is 24.2 Å². The Morgan fingerprint density at radius 2 is 1.04 bits per heavy atom. The minimum Gasteiger partial charge on any atom is -0.399 e. The lowest BCUT2D eigenvalue weighted by atomic mass is 10.0. The third-order valence-corrected chi connectivity index (χ3v) is 12.2. The van der Waals surface area contributed by atoms with Gasteiger partial charge in [0.05, 0.1) is 47.9 Å². The molecule has 4 aliphatic rings. The Bertz CT molecular complexity index is 2680. The molecule has 4 bridgehead atoms. The first-order chi connectivity index (χ1) is 32.7. The molecule has 14 nitrogen and oxygen atoms in total. The Labute approximate surface area is 395 Å². The summed E-state index contributed by atoms with van der Waals surface area (Å²) in [6.45, 7) is 3.97. The number of morpholine rings is 2. The van der Waals surface area contributed by atoms with E-state index < -0.39 is 0 Å². The van der Waals surface area contributed by atoms with Gasteiger partial charge in [-0.3, -0.25) is 9.59 Å². The largest absolute Gasteiger partial charge is 0.399 e. The van der Waals surface area contributed by atoms with Crippen molar-refractivity contribution in [2.24, 2.45) is 0 Å². The van der Waals surface area contributed by atoms with Crippen LogP contribution in [-0.2, 0) is 9.47 Å². The van der Waals surface area contributed by atoms with Crippen molar-refractivity contribution in [2.75, 3.05) is 47.0 Å². The number of nitrogens with one attached hydrogen (secondary N) is 1. The van der Waals surface area contributed by atoms with Crippen LogP contribution >= 0.6 is 11.6 Å². The zero-order valence-corrected chi connectivity index (χ0v) is 37.8. The number of hydrogen-bond donors (Lipinski definition) is 2. The molecule has 6 heterocycles. The number of nitrogens with two attached hydrogens (primary N) is 1. The standard InChI is InChI=1S/C26H25N5O2.C14H10ClN3O.C12H16N2O/c27-14-1-2-25(32)19-5-3-18(4-6-19)24-13-15-28-26(30-24)29-20-7-9-21(10-8-20)31-16-22-11-12-23(17-31)33-22;15-14-17-9-7-12(18-14)10-3-5-11(6-4-10)13(19)2-1-8-16;13-9-1-3-10(4-2-9)14-7-11-5-6-12(8-14)15-11/h3-10,13,15,22-23H,1-2,11-12,16-17H2,(H,28,29,30);3-7,9H,1-2H2;1-4,11-12H,5-8,13H2. The lowest BCUT2D eigenvalue weighted by Gasteiger charge is -2.33. The highest BCUT2D eigenvalue weighted by Crippen LogP contribution is 2.32. The van der Waals surface area contributed by atoms with Gasteiger partial charge in [-0.25, -0.2) is 19.9 Å². The maximum Gasteiger partial charge on any atom is 0.227 e. The third kappa shape index (κ3) is 12.6. The maximum atomic E-state index is 12.1. The monoisotopic (exact) mass is 914 g/mol. The van der Waals surface area contributed by atoms with Crippen LogP contribution in [0, 0.1) is 22.7 Å². The number of nitrogen functional groups attached to an aromatic ring is 1. The minimum atomic E-state index is -0.0335. The molecule has 0 saturated carbocycles. The molecule has 15 heteroatoms. The van der Waals surface area contributed by atoms with Crippen molar-refractivity contribution >= 4 is 51.9 Å². The van der Waals surface area contributed by atoms with Crippen molar-refractivity contribution in [1.29, 1.82) is 10.5 Å². The van der Waals surface area contributed by atoms with Crippen LogP contribution in [0.5, 0.6) is 0 Å². The van der Waals surface area contributed by atoms with E-state index in [2.05, 4.69) is 59.3 Å². The minimum absolute atomic E-state index is 0.0266. The van der Waals surface area contributed by atoms with E-state index >= 15 is 0 Å². The predicted molar refractivity (Wildman–Crippen MR) is 259 cm³/mol. The topological polar surface area (TPSA) is 196 Å². The Hall–Kier alpha value is -7.23. The van der Waals surface area contributed by atoms with Gasteiger partial charge in [0.15, 0.2) is 11.6 Å². The van der Waals surface area contributed by atoms with Crippen molar-refractivity contribution in [2.45, 2.75) is 75.8 Å². The van der Waals surface area contributed by atoms with Crippen LogP contribution in [0.1, 0.15) is 72.1 Å². The number of nitrogens with zero attached hydrogens (tertiary/aromatic N) is 8. The fraction of sp³-hybridized carbons (Fsp3) is 0.308. The zero-order chi connectivity index (χ0) is 46.5. The van der Waals surface area contributed by atoms with Gasteiger partial charge in [0.25, 0.3) is 0 Å². The van der Waals surface area contributed by atoms with Crippen LogP contribution < -0.4 is 20.9 Å². The second kappa shape index (κ2) is 22.3. The normalized spacial score (nSPS) is 18.9. The summed E-state index contributed by atoms with van der Waals surface area (Å²) in [4.78, 5) is 45.5. The van der Waals surface area contributed by atoms with Crippen molar-refractivity contribution in [3.8, 4) is 34.7 Å². The molecule has 0 radical (unpaired) electrons. The van der Waals surface area contributed by atoms with Gasteiger partial charge >= 0.3 is 0 Å². The summed E-state index contributed by atoms with van der Waals surface area (Å²) in [7, 11) is 0. The van der Waals surface area contributed by atoms with Gasteiger partial charge < -0.3 is 30.3 Å². The van der Waals surface area contributed by atoms with Gasteiger partial charge in [-0.1, -0.05) is 48.5 Å². The number of Topliss-reactive ketones (excluding diaryl/α,β-unsaturated/α-hetero) is 2. The number of carbonyl (C=O) groups is 2. The molecule has 4 aromatic carbocycles. The molecule has 4 atom stereocenters. The smallest absolute Gasteiger partial charge is 0.227 e. The first-order valence-corrected chi connectivity index (χ1v) is 22.9. The number of fused-ring (bicyclic) bond motifs is 4. The summed E-state index contributed by atoms with van der Waals surface area (Å²) in [5, 5.41) is 20.6. The number of rotatable bonds is 12. The van der Waals surface area contributed by atoms with Gasteiger partial charge in [-0.2, -0.15) is 10.5 Å². The predicted octanol–water partition coefficient (Wildman–Crippen LogP) is 9.66. The molecular weight excluding hydrogens is 864 g/mol. The average Bonchev–Trinajstić information content (AvgIpc) is 3.89. The SMILES string of the molecule is N#CCCC(=O)c1ccc(-c2ccnc(Cl)n2)cc1.N#CCCC(=O)c1ccc(-c2ccnc(Nc3ccc(N4CC5CCC(C4)O5)cc3)n2)cc1.Nc1ccc(N2CC3CCC(C2)O3)cc1. The number of carbonyl (C=O) groups excluding carboxylic acids is 2. The van der Waals surface area contributed by atoms with Gasteiger partial charge in [0.1, 0.15) is 0 Å². The van der Waals surface area contributed by atoms with Gasteiger partial charge in [0, 0.05) is 109 Å². The van der Waals surface area contributed by atoms with Gasteiger partial charge in [0.2, 0.25) is 11.2 Å². The van der Waals surface area contributed by atoms with Crippen LogP contribution in [0.3, 0.4) is 0 Å². The van der Waals surface area contributed by atoms with E-state index in [-0.39, 0.29) is 42.5 Å². The lowest BCUT2D eigenvalue weighted by molar-refractivity contribution is 0.0303. The van der Waals surface area contributed by atoms with Crippen molar-refractivity contribution < 1.29 is 19.1 Å². The fourth-order valence-corrected chi connectivity index (χ4v) is 8.73. The highest BCUT2D eigenvalue weighted by molar-refractivity contribution is 6.28. The highest BCUT2D eigenvalue weighted by atomic mass is 35.5. The number of anilines is 5. The highest BCUT2D eigenvalue weighted by Gasteiger charge is 2.34. The molecule has 0 amide bonds. The van der Waals surface area contributed by atoms with E-state index in [1.54, 1.807) is 54.9 Å². The van der Waals surface area contributed by atoms with E-state index in [4.69, 9.17) is 37.3 Å². The van der Waals surface area contributed by atoms with Crippen molar-refractivity contribution in [3.05, 3.63) is 138 Å². The van der Waals surface area contributed by atoms with Gasteiger partial charge in [-0.15, -0.1) is 0 Å². The average molecular weight is 915 g/mol. The summed E-state index contributed by atoms with van der Waals surface area (Å²) in [5.74, 6) is 0.453. The molecule has 10 rings (SSSR count). The molecule has 4 fully saturated rings. The summed E-state index contributed by atoms with van der Waals surface area (Å²) >= 11 is 5.73. The second-order valence-electron chi connectivity index (χ2n) is 16.8. The number of ketones is 2. The summed E-state index contributed by atoms with van der Waals surface area (Å²) in [6, 6.07) is 38.4. The molecule has 6 aromatic rings. The Morgan fingerprint density at radius 3 is 1.49 bits per heavy atom. The Kier molecular flexibility index (Phi) is 15.4. The van der Waals surface area contributed by atoms with Crippen LogP contribution in [0.25, 0.3) is 22.5 Å². The van der Waals surface area contributed by atoms with E-state index in [0.29, 0.717) is 47.2 Å². The van der Waals surface area contributed by atoms with Crippen LogP contribution in [0.4, 0.5) is 28.7 Å². The molecule has 4 unspecified atom stereocenters. The Balaban J connectivity index is 0.000000151. The van der Waals surface area contributed by atoms with Crippen molar-refractivity contribution in [3.63, 3.8) is 0 Å². The number of aromatic nitrogens is 4. The number of halogens is 1. The first-order valence-electron chi connectivity index (χ1n) is 22.6. The molecule has 2 aromatic heterocycles. The van der Waals surface area contributed by atoms with Crippen molar-refractivity contribution in [1.82, 2.24) is 19.9 Å². The number of benzene rings is 4. The molecule has 0 spiro atoms. The molecule has 4 aliphatic heterocycles. The molecule has 340 valence electrons. The molecule has 3 N–H and O–H groups in total. The number of nitriles is 2. The summed E-state index contributed by atoms with van der Waals surface area (Å²) < 4.78 is 11.7. The quantitative estimate of drug-likeness (QED) is 0.0669. The van der Waals surface area contributed by atoms with Crippen LogP contribution in [-0.4, -0.2) is 82.1 Å². The van der Waals surface area contributed by atoms with E-state index in [1.807, 2.05) is 54.6 Å². The summed E-state index contributed by atoms with van der Waals surface area (Å²) in [6.07, 6.45) is 10.6. The molecule has 67 heavy (non-hydrogen) atoms. The summed E-state index contributed by atoms with van der Waals surface area (Å²) in [5.41, 5.74) is 14.3. The third-order valence-electron chi connectivity index (χ3n) is 12.0. The van der Waals surface area contributed by atoms with E-state index in [9.17, 15) is 9.59 Å². The maximum absolute atomic E-state index is 12.1. The number of hydrogen-bond acceptors (Lipinski definition) is 14. The second-order valence-corrected chi connectivity index (χ2v) is 17.1. The van der Waals surface area contributed by atoms with Crippen LogP contribution in [0.15, 0.2) is 122 Å². The Morgan fingerprint density at radius 1 is 0.612 bits per heavy atom. The fourth-order valence-electron chi connectivity index (χ4n) is 8.58. The van der Waals surface area contributed by atoms with E-state index in [0.717, 1.165) is 67.2 Å².